The average molecular weight is 776 g/mol. The third-order valence-electron chi connectivity index (χ3n) is 10.5. The van der Waals surface area contributed by atoms with Crippen LogP contribution < -0.4 is 24.8 Å². The van der Waals surface area contributed by atoms with E-state index in [1.54, 1.807) is 60.1 Å². The Morgan fingerprint density at radius 1 is 1.04 bits per heavy atom. The molecule has 294 valence electrons. The van der Waals surface area contributed by atoms with Crippen molar-refractivity contribution in [3.63, 3.8) is 0 Å². The van der Waals surface area contributed by atoms with Crippen molar-refractivity contribution < 1.29 is 41.8 Å². The molecule has 0 bridgehead atoms. The zero-order valence-corrected chi connectivity index (χ0v) is 32.8. The number of pyridine rings is 1. The molecular formula is C40H49N5O9S. The molecule has 2 saturated carbocycles. The van der Waals surface area contributed by atoms with Crippen molar-refractivity contribution in [2.24, 2.45) is 11.3 Å². The molecule has 15 heteroatoms. The van der Waals surface area contributed by atoms with Gasteiger partial charge in [0.2, 0.25) is 27.7 Å². The summed E-state index contributed by atoms with van der Waals surface area (Å²) in [6, 6.07) is 14.1. The fraction of sp³-hybridized carbons (Fsp3) is 0.475. The van der Waals surface area contributed by atoms with Gasteiger partial charge in [-0.15, -0.1) is 6.58 Å². The molecule has 3 N–H and O–H groups in total. The van der Waals surface area contributed by atoms with Crippen LogP contribution in [0.4, 0.5) is 4.79 Å². The van der Waals surface area contributed by atoms with Gasteiger partial charge in [-0.3, -0.25) is 19.1 Å². The van der Waals surface area contributed by atoms with E-state index in [1.165, 1.54) is 11.0 Å². The molecule has 3 fully saturated rings. The maximum atomic E-state index is 14.7. The molecule has 14 nitrogen and oxygen atoms in total. The van der Waals surface area contributed by atoms with Crippen LogP contribution in [0.15, 0.2) is 73.4 Å². The molecule has 6 rings (SSSR count). The first-order valence-corrected chi connectivity index (χ1v) is 19.9. The van der Waals surface area contributed by atoms with Crippen molar-refractivity contribution in [1.29, 1.82) is 0 Å². The minimum Gasteiger partial charge on any atom is -0.497 e. The maximum absolute atomic E-state index is 14.7. The SMILES string of the molecule is C=CC1CC1(NC(=O)C1CC(Oc2nccc3cc(OC)ccc23)CN1C(=O)C(NC(=O)OC(C)(C)c1ccccc1)C(C)(C)C)C(=O)NS(=O)(=O)C1CC1. The van der Waals surface area contributed by atoms with Crippen molar-refractivity contribution in [2.75, 3.05) is 13.7 Å². The summed E-state index contributed by atoms with van der Waals surface area (Å²) < 4.78 is 45.2. The number of carbonyl (C=O) groups is 4. The smallest absolute Gasteiger partial charge is 0.408 e. The maximum Gasteiger partial charge on any atom is 0.408 e. The standard InChI is InChI=1S/C40H49N5O9S/c1-8-25-22-40(25,36(48)44-55(50,51)29-15-16-29)43-33(46)31-21-28(53-34-30-17-14-27(52-7)20-24(30)18-19-41-34)23-45(31)35(47)32(38(2,3)4)42-37(49)54-39(5,6)26-12-10-9-11-13-26/h8-14,17-20,25,28-29,31-32H,1,15-16,21-23H2,2-7H3,(H,42,49)(H,43,46)(H,44,48). The van der Waals surface area contributed by atoms with Gasteiger partial charge >= 0.3 is 6.09 Å². The molecular weight excluding hydrogens is 727 g/mol. The van der Waals surface area contributed by atoms with E-state index in [4.69, 9.17) is 14.2 Å². The molecule has 1 aliphatic heterocycles. The Kier molecular flexibility index (Phi) is 10.6. The second kappa shape index (κ2) is 14.8. The van der Waals surface area contributed by atoms with Crippen molar-refractivity contribution in [2.45, 2.75) is 94.9 Å². The zero-order chi connectivity index (χ0) is 39.9. The number of aromatic nitrogens is 1. The molecule has 0 spiro atoms. The first-order valence-electron chi connectivity index (χ1n) is 18.3. The van der Waals surface area contributed by atoms with Gasteiger partial charge in [-0.05, 0) is 73.7 Å². The highest BCUT2D eigenvalue weighted by atomic mass is 32.2. The summed E-state index contributed by atoms with van der Waals surface area (Å²) in [5.74, 6) is -1.72. The molecule has 4 amide bonds. The van der Waals surface area contributed by atoms with Crippen molar-refractivity contribution in [1.82, 2.24) is 25.2 Å². The number of hydrogen-bond donors (Lipinski definition) is 3. The molecule has 1 aromatic heterocycles. The Morgan fingerprint density at radius 3 is 2.36 bits per heavy atom. The van der Waals surface area contributed by atoms with Crippen LogP contribution in [0.3, 0.4) is 0 Å². The van der Waals surface area contributed by atoms with Crippen LogP contribution >= 0.6 is 0 Å². The Morgan fingerprint density at radius 2 is 1.75 bits per heavy atom. The zero-order valence-electron chi connectivity index (χ0n) is 32.0. The number of alkyl carbamates (subject to hydrolysis) is 1. The quantitative estimate of drug-likeness (QED) is 0.211. The van der Waals surface area contributed by atoms with Gasteiger partial charge in [0.1, 0.15) is 35.1 Å². The van der Waals surface area contributed by atoms with Gasteiger partial charge in [0.25, 0.3) is 5.91 Å². The normalized spacial score (nSPS) is 22.9. The number of nitrogens with zero attached hydrogens (tertiary/aromatic N) is 2. The van der Waals surface area contributed by atoms with Crippen LogP contribution in [0.5, 0.6) is 11.6 Å². The molecule has 2 aromatic carbocycles. The lowest BCUT2D eigenvalue weighted by molar-refractivity contribution is -0.143. The number of carbonyl (C=O) groups excluding carboxylic acids is 4. The minimum absolute atomic E-state index is 0.00493. The van der Waals surface area contributed by atoms with Crippen molar-refractivity contribution in [3.8, 4) is 11.6 Å². The predicted octanol–water partition coefficient (Wildman–Crippen LogP) is 4.34. The Bertz CT molecular complexity index is 2100. The van der Waals surface area contributed by atoms with E-state index in [-0.39, 0.29) is 25.3 Å². The van der Waals surface area contributed by atoms with E-state index >= 15 is 0 Å². The lowest BCUT2D eigenvalue weighted by Gasteiger charge is -2.36. The van der Waals surface area contributed by atoms with Crippen LogP contribution in [0, 0.1) is 11.3 Å². The van der Waals surface area contributed by atoms with E-state index < -0.39 is 79.7 Å². The summed E-state index contributed by atoms with van der Waals surface area (Å²) in [6.45, 7) is 12.5. The number of hydrogen-bond acceptors (Lipinski definition) is 10. The number of sulfonamides is 1. The van der Waals surface area contributed by atoms with E-state index in [1.807, 2.05) is 42.5 Å². The molecule has 0 radical (unpaired) electrons. The van der Waals surface area contributed by atoms with Crippen LogP contribution in [-0.4, -0.2) is 84.7 Å². The van der Waals surface area contributed by atoms with E-state index in [0.717, 1.165) is 10.9 Å². The number of fused-ring (bicyclic) bond motifs is 1. The molecule has 1 saturated heterocycles. The van der Waals surface area contributed by atoms with Gasteiger partial charge in [0.05, 0.1) is 18.9 Å². The monoisotopic (exact) mass is 775 g/mol. The minimum atomic E-state index is -3.91. The van der Waals surface area contributed by atoms with E-state index in [0.29, 0.717) is 24.0 Å². The summed E-state index contributed by atoms with van der Waals surface area (Å²) in [5, 5.41) is 6.39. The van der Waals surface area contributed by atoms with Gasteiger partial charge in [0, 0.05) is 23.9 Å². The molecule has 5 unspecified atom stereocenters. The van der Waals surface area contributed by atoms with Gasteiger partial charge in [-0.25, -0.2) is 18.2 Å². The number of rotatable bonds is 13. The fourth-order valence-corrected chi connectivity index (χ4v) is 8.36. The number of nitrogens with one attached hydrogen (secondary N) is 3. The van der Waals surface area contributed by atoms with Crippen LogP contribution in [0.2, 0.25) is 0 Å². The molecule has 2 aliphatic carbocycles. The molecule has 3 aliphatic rings. The predicted molar refractivity (Wildman–Crippen MR) is 204 cm³/mol. The molecule has 3 aromatic rings. The first-order chi connectivity index (χ1) is 25.9. The lowest BCUT2D eigenvalue weighted by atomic mass is 9.85. The fourth-order valence-electron chi connectivity index (χ4n) is 6.99. The third-order valence-corrected chi connectivity index (χ3v) is 12.3. The van der Waals surface area contributed by atoms with Crippen molar-refractivity contribution in [3.05, 3.63) is 79.0 Å². The van der Waals surface area contributed by atoms with Gasteiger partial charge in [-0.1, -0.05) is 57.2 Å². The highest BCUT2D eigenvalue weighted by Crippen LogP contribution is 2.45. The van der Waals surface area contributed by atoms with E-state index in [9.17, 15) is 27.6 Å². The summed E-state index contributed by atoms with van der Waals surface area (Å²) in [4.78, 5) is 61.8. The summed E-state index contributed by atoms with van der Waals surface area (Å²) in [5.41, 5.74) is -2.71. The summed E-state index contributed by atoms with van der Waals surface area (Å²) in [7, 11) is -2.35. The van der Waals surface area contributed by atoms with Crippen LogP contribution in [0.1, 0.15) is 65.9 Å². The second-order valence-electron chi connectivity index (χ2n) is 16.1. The molecule has 5 atom stereocenters. The van der Waals surface area contributed by atoms with Crippen molar-refractivity contribution >= 4 is 44.6 Å². The average Bonchev–Trinajstić information content (AvgIpc) is 4.06. The number of ether oxygens (including phenoxy) is 3. The number of benzene rings is 2. The number of amides is 4. The van der Waals surface area contributed by atoms with Gasteiger partial charge in [-0.2, -0.15) is 0 Å². The Labute approximate surface area is 321 Å². The number of likely N-dealkylation sites (tertiary alicyclic amines) is 1. The molecule has 2 heterocycles. The van der Waals surface area contributed by atoms with Crippen LogP contribution in [0.25, 0.3) is 10.8 Å². The second-order valence-corrected chi connectivity index (χ2v) is 18.0. The van der Waals surface area contributed by atoms with Crippen LogP contribution in [-0.2, 0) is 34.7 Å². The Hall–Kier alpha value is -5.18. The first kappa shape index (κ1) is 39.5. The topological polar surface area (TPSA) is 182 Å². The highest BCUT2D eigenvalue weighted by molar-refractivity contribution is 7.91. The van der Waals surface area contributed by atoms with E-state index in [2.05, 4.69) is 26.9 Å². The Balaban J connectivity index is 1.28. The summed E-state index contributed by atoms with van der Waals surface area (Å²) in [6.07, 6.45) is 2.56. The van der Waals surface area contributed by atoms with Gasteiger partial charge < -0.3 is 29.7 Å². The summed E-state index contributed by atoms with van der Waals surface area (Å²) >= 11 is 0. The highest BCUT2D eigenvalue weighted by Gasteiger charge is 2.62. The third kappa shape index (κ3) is 8.41. The number of methoxy groups -OCH3 is 1. The van der Waals surface area contributed by atoms with Gasteiger partial charge in [0.15, 0.2) is 0 Å². The molecule has 55 heavy (non-hydrogen) atoms. The largest absolute Gasteiger partial charge is 0.497 e. The lowest BCUT2D eigenvalue weighted by Crippen LogP contribution is -2.60.